The van der Waals surface area contributed by atoms with Crippen molar-refractivity contribution in [3.63, 3.8) is 0 Å². The zero-order chi connectivity index (χ0) is 33.2. The topological polar surface area (TPSA) is 113 Å². The Hall–Kier alpha value is -4.85. The predicted octanol–water partition coefficient (Wildman–Crippen LogP) is 8.13. The summed E-state index contributed by atoms with van der Waals surface area (Å²) in [6.07, 6.45) is 0. The Morgan fingerprint density at radius 2 is 0.711 bits per heavy atom. The van der Waals surface area contributed by atoms with Gasteiger partial charge in [-0.3, -0.25) is 19.7 Å². The van der Waals surface area contributed by atoms with Gasteiger partial charge >= 0.3 is 0 Å². The van der Waals surface area contributed by atoms with Crippen LogP contribution < -0.4 is 16.0 Å². The predicted molar refractivity (Wildman–Crippen MR) is 181 cm³/mol. The van der Waals surface area contributed by atoms with Gasteiger partial charge in [0, 0.05) is 22.8 Å². The van der Waals surface area contributed by atoms with Gasteiger partial charge in [-0.25, -0.2) is 0 Å². The molecule has 0 atom stereocenters. The lowest BCUT2D eigenvalue weighted by molar-refractivity contribution is 0.101. The molecule has 1 aromatic heterocycles. The third-order valence-corrected chi connectivity index (χ3v) is 7.47. The first-order valence-electron chi connectivity index (χ1n) is 15.0. The number of rotatable bonds is 6. The first-order chi connectivity index (χ1) is 20.9. The fraction of sp³-hybridized carbons (Fsp3) is 0.324. The number of benzene rings is 3. The third kappa shape index (κ3) is 8.62. The fourth-order valence-electron chi connectivity index (χ4n) is 4.55. The van der Waals surface area contributed by atoms with E-state index >= 15 is 0 Å². The molecule has 8 heteroatoms. The second-order valence-electron chi connectivity index (χ2n) is 14.3. The van der Waals surface area contributed by atoms with Crippen molar-refractivity contribution in [2.45, 2.75) is 78.6 Å². The van der Waals surface area contributed by atoms with Gasteiger partial charge in [-0.05, 0) is 69.3 Å². The highest BCUT2D eigenvalue weighted by molar-refractivity contribution is 6.07. The molecule has 1 heterocycles. The number of hydrogen-bond acceptors (Lipinski definition) is 5. The molecule has 4 rings (SSSR count). The molecule has 0 saturated heterocycles. The lowest BCUT2D eigenvalue weighted by Gasteiger charge is -2.19. The van der Waals surface area contributed by atoms with Crippen LogP contribution >= 0.6 is 0 Å². The minimum absolute atomic E-state index is 0.0536. The van der Waals surface area contributed by atoms with Crippen molar-refractivity contribution in [3.05, 3.63) is 112 Å². The zero-order valence-electron chi connectivity index (χ0n) is 27.6. The minimum atomic E-state index is -0.424. The number of nitrogens with zero attached hydrogens (tertiary/aromatic N) is 2. The van der Waals surface area contributed by atoms with E-state index in [9.17, 15) is 14.4 Å². The van der Waals surface area contributed by atoms with Gasteiger partial charge in [-0.15, -0.1) is 0 Å². The molecule has 0 spiro atoms. The van der Waals surface area contributed by atoms with Crippen molar-refractivity contribution in [3.8, 4) is 0 Å². The molecular weight excluding hydrogens is 562 g/mol. The third-order valence-electron chi connectivity index (χ3n) is 7.47. The second kappa shape index (κ2) is 12.6. The molecule has 4 aromatic rings. The van der Waals surface area contributed by atoms with E-state index in [1.54, 1.807) is 36.4 Å². The van der Waals surface area contributed by atoms with Crippen LogP contribution in [0.3, 0.4) is 0 Å². The van der Waals surface area contributed by atoms with Crippen molar-refractivity contribution < 1.29 is 14.4 Å². The standard InChI is InChI=1S/C37H43N5O3/c1-35(2,3)26-16-10-23(11-17-26)31(43)38-29-22-30(39-32(44)24-12-18-27(19-13-24)36(4,5)6)41-34(40-29)42-33(45)25-14-20-28(21-15-25)37(7,8)9/h10-22H,1-9H3,(H3,38,39,40,41,42,43,44,45). The maximum absolute atomic E-state index is 13.2. The molecule has 0 radical (unpaired) electrons. The Labute approximate surface area is 266 Å². The Balaban J connectivity index is 1.61. The summed E-state index contributed by atoms with van der Waals surface area (Å²) in [5.41, 5.74) is 4.43. The van der Waals surface area contributed by atoms with E-state index in [-0.39, 0.29) is 45.6 Å². The van der Waals surface area contributed by atoms with E-state index in [4.69, 9.17) is 0 Å². The van der Waals surface area contributed by atoms with Gasteiger partial charge in [0.1, 0.15) is 11.6 Å². The van der Waals surface area contributed by atoms with Crippen LogP contribution in [0.15, 0.2) is 78.9 Å². The van der Waals surface area contributed by atoms with Crippen LogP contribution in [-0.4, -0.2) is 27.7 Å². The number of aromatic nitrogens is 2. The normalized spacial score (nSPS) is 11.9. The average Bonchev–Trinajstić information content (AvgIpc) is 2.96. The number of anilines is 3. The van der Waals surface area contributed by atoms with E-state index in [1.165, 1.54) is 6.07 Å². The zero-order valence-corrected chi connectivity index (χ0v) is 27.6. The van der Waals surface area contributed by atoms with Crippen LogP contribution in [0.5, 0.6) is 0 Å². The fourth-order valence-corrected chi connectivity index (χ4v) is 4.55. The molecule has 0 fully saturated rings. The van der Waals surface area contributed by atoms with E-state index in [1.807, 2.05) is 36.4 Å². The highest BCUT2D eigenvalue weighted by atomic mass is 16.2. The number of carbonyl (C=O) groups is 3. The molecule has 0 bridgehead atoms. The van der Waals surface area contributed by atoms with Gasteiger partial charge in [-0.1, -0.05) is 98.7 Å². The number of nitrogens with one attached hydrogen (secondary N) is 3. The van der Waals surface area contributed by atoms with Crippen LogP contribution in [0.1, 0.15) is 110 Å². The molecule has 0 unspecified atom stereocenters. The Morgan fingerprint density at radius 1 is 0.444 bits per heavy atom. The maximum Gasteiger partial charge on any atom is 0.258 e. The highest BCUT2D eigenvalue weighted by Crippen LogP contribution is 2.25. The van der Waals surface area contributed by atoms with Crippen LogP contribution in [0.4, 0.5) is 17.6 Å². The van der Waals surface area contributed by atoms with Gasteiger partial charge in [0.2, 0.25) is 5.95 Å². The summed E-state index contributed by atoms with van der Waals surface area (Å²) in [5, 5.41) is 8.27. The summed E-state index contributed by atoms with van der Waals surface area (Å²) >= 11 is 0. The summed E-state index contributed by atoms with van der Waals surface area (Å²) in [5.74, 6) is -1.04. The quantitative estimate of drug-likeness (QED) is 0.205. The van der Waals surface area contributed by atoms with E-state index < -0.39 is 5.91 Å². The Bertz CT molecular complexity index is 1470. The monoisotopic (exact) mass is 605 g/mol. The van der Waals surface area contributed by atoms with E-state index in [2.05, 4.69) is 88.2 Å². The van der Waals surface area contributed by atoms with Crippen molar-refractivity contribution in [1.29, 1.82) is 0 Å². The number of amides is 3. The largest absolute Gasteiger partial charge is 0.306 e. The van der Waals surface area contributed by atoms with Crippen molar-refractivity contribution in [1.82, 2.24) is 9.97 Å². The molecule has 3 N–H and O–H groups in total. The van der Waals surface area contributed by atoms with Gasteiger partial charge in [0.15, 0.2) is 0 Å². The molecule has 0 saturated carbocycles. The SMILES string of the molecule is CC(C)(C)c1ccc(C(=O)Nc2cc(NC(=O)c3ccc(C(C)(C)C)cc3)nc(NC(=O)c3ccc(C(C)(C)C)cc3)n2)cc1. The first kappa shape index (κ1) is 33.1. The molecule has 3 aromatic carbocycles. The average molecular weight is 606 g/mol. The first-order valence-corrected chi connectivity index (χ1v) is 15.0. The maximum atomic E-state index is 13.2. The Kier molecular flexibility index (Phi) is 9.28. The lowest BCUT2D eigenvalue weighted by Crippen LogP contribution is -2.20. The van der Waals surface area contributed by atoms with Crippen LogP contribution in [0.25, 0.3) is 0 Å². The molecule has 0 aliphatic rings. The van der Waals surface area contributed by atoms with Gasteiger partial charge in [-0.2, -0.15) is 9.97 Å². The van der Waals surface area contributed by atoms with E-state index in [0.29, 0.717) is 16.7 Å². The smallest absolute Gasteiger partial charge is 0.258 e. The number of hydrogen-bond donors (Lipinski definition) is 3. The minimum Gasteiger partial charge on any atom is -0.306 e. The summed E-state index contributed by atoms with van der Waals surface area (Å²) in [6, 6.07) is 23.5. The van der Waals surface area contributed by atoms with Gasteiger partial charge in [0.05, 0.1) is 0 Å². The molecule has 45 heavy (non-hydrogen) atoms. The highest BCUT2D eigenvalue weighted by Gasteiger charge is 2.19. The number of carbonyl (C=O) groups excluding carboxylic acids is 3. The lowest BCUT2D eigenvalue weighted by atomic mass is 9.86. The van der Waals surface area contributed by atoms with Crippen molar-refractivity contribution >= 4 is 35.3 Å². The molecular formula is C37H43N5O3. The van der Waals surface area contributed by atoms with Crippen LogP contribution in [0, 0.1) is 0 Å². The molecule has 3 amide bonds. The van der Waals surface area contributed by atoms with Gasteiger partial charge in [0.25, 0.3) is 17.7 Å². The molecule has 0 aliphatic carbocycles. The van der Waals surface area contributed by atoms with Crippen molar-refractivity contribution in [2.24, 2.45) is 0 Å². The van der Waals surface area contributed by atoms with Gasteiger partial charge < -0.3 is 10.6 Å². The molecule has 8 nitrogen and oxygen atoms in total. The molecule has 234 valence electrons. The Morgan fingerprint density at radius 3 is 0.978 bits per heavy atom. The summed E-state index contributed by atoms with van der Waals surface area (Å²) < 4.78 is 0. The summed E-state index contributed by atoms with van der Waals surface area (Å²) in [6.45, 7) is 18.9. The summed E-state index contributed by atoms with van der Waals surface area (Å²) in [7, 11) is 0. The van der Waals surface area contributed by atoms with Crippen molar-refractivity contribution in [2.75, 3.05) is 16.0 Å². The second-order valence-corrected chi connectivity index (χ2v) is 14.3. The van der Waals surface area contributed by atoms with Crippen LogP contribution in [0.2, 0.25) is 0 Å². The molecule has 0 aliphatic heterocycles. The summed E-state index contributed by atoms with van der Waals surface area (Å²) in [4.78, 5) is 48.2. The van der Waals surface area contributed by atoms with Crippen LogP contribution in [-0.2, 0) is 16.2 Å². The van der Waals surface area contributed by atoms with E-state index in [0.717, 1.165) is 16.7 Å².